The lowest BCUT2D eigenvalue weighted by molar-refractivity contribution is 0.360. The van der Waals surface area contributed by atoms with Crippen LogP contribution in [0.25, 0.3) is 0 Å². The second kappa shape index (κ2) is 9.04. The molecule has 0 fully saturated rings. The molecule has 136 valence electrons. The van der Waals surface area contributed by atoms with Gasteiger partial charge in [0.2, 0.25) is 0 Å². The highest BCUT2D eigenvalue weighted by Gasteiger charge is 2.08. The van der Waals surface area contributed by atoms with Gasteiger partial charge in [0.1, 0.15) is 11.9 Å². The maximum Gasteiger partial charge on any atom is 0.101 e. The zero-order valence-electron chi connectivity index (χ0n) is 15.6. The molecule has 1 unspecified atom stereocenters. The van der Waals surface area contributed by atoms with Crippen molar-refractivity contribution in [2.24, 2.45) is 10.2 Å². The summed E-state index contributed by atoms with van der Waals surface area (Å²) in [5.74, 6) is 0. The molecule has 0 saturated heterocycles. The van der Waals surface area contributed by atoms with E-state index >= 15 is 0 Å². The second-order valence-corrected chi connectivity index (χ2v) is 6.60. The Morgan fingerprint density at radius 3 is 2.19 bits per heavy atom. The van der Waals surface area contributed by atoms with E-state index in [4.69, 9.17) is 0 Å². The molecule has 0 bridgehead atoms. The quantitative estimate of drug-likeness (QED) is 0.395. The SMILES string of the molecule is Cc1ccccc1C=NN=C(c1ccccc1)c1ccc(CC(C)F)cc1. The van der Waals surface area contributed by atoms with Crippen LogP contribution >= 0.6 is 0 Å². The number of hydrogen-bond donors (Lipinski definition) is 0. The first-order chi connectivity index (χ1) is 13.1. The van der Waals surface area contributed by atoms with Gasteiger partial charge >= 0.3 is 0 Å². The Morgan fingerprint density at radius 1 is 0.889 bits per heavy atom. The van der Waals surface area contributed by atoms with E-state index in [1.54, 1.807) is 13.1 Å². The molecular formula is C24H23FN2. The molecule has 3 rings (SSSR count). The fourth-order valence-electron chi connectivity index (χ4n) is 2.88. The van der Waals surface area contributed by atoms with Gasteiger partial charge in [0.25, 0.3) is 0 Å². The molecule has 0 aromatic heterocycles. The van der Waals surface area contributed by atoms with Crippen LogP contribution in [0.1, 0.15) is 34.7 Å². The smallest absolute Gasteiger partial charge is 0.101 e. The highest BCUT2D eigenvalue weighted by atomic mass is 19.1. The minimum atomic E-state index is -0.850. The van der Waals surface area contributed by atoms with Gasteiger partial charge in [-0.25, -0.2) is 4.39 Å². The van der Waals surface area contributed by atoms with Gasteiger partial charge in [0.05, 0.1) is 6.21 Å². The summed E-state index contributed by atoms with van der Waals surface area (Å²) in [5.41, 5.74) is 5.91. The first-order valence-electron chi connectivity index (χ1n) is 9.09. The van der Waals surface area contributed by atoms with Gasteiger partial charge in [0, 0.05) is 17.5 Å². The largest absolute Gasteiger partial charge is 0.247 e. The molecule has 0 aliphatic carbocycles. The Balaban J connectivity index is 1.93. The van der Waals surface area contributed by atoms with Gasteiger partial charge in [-0.2, -0.15) is 5.10 Å². The molecule has 0 saturated carbocycles. The van der Waals surface area contributed by atoms with E-state index in [1.807, 2.05) is 85.8 Å². The van der Waals surface area contributed by atoms with Crippen molar-refractivity contribution in [2.75, 3.05) is 0 Å². The van der Waals surface area contributed by atoms with E-state index in [0.29, 0.717) is 6.42 Å². The minimum Gasteiger partial charge on any atom is -0.247 e. The monoisotopic (exact) mass is 358 g/mol. The third kappa shape index (κ3) is 5.20. The summed E-state index contributed by atoms with van der Waals surface area (Å²) in [6.45, 7) is 3.62. The third-order valence-corrected chi connectivity index (χ3v) is 4.33. The van der Waals surface area contributed by atoms with Crippen molar-refractivity contribution in [3.05, 3.63) is 107 Å². The molecule has 3 aromatic rings. The Bertz CT molecular complexity index is 926. The van der Waals surface area contributed by atoms with Crippen molar-refractivity contribution in [3.63, 3.8) is 0 Å². The highest BCUT2D eigenvalue weighted by molar-refractivity contribution is 6.13. The summed E-state index contributed by atoms with van der Waals surface area (Å²) in [6.07, 6.45) is 1.35. The molecule has 0 spiro atoms. The van der Waals surface area contributed by atoms with Crippen LogP contribution in [0.5, 0.6) is 0 Å². The molecule has 1 atom stereocenters. The van der Waals surface area contributed by atoms with Crippen LogP contribution in [0.3, 0.4) is 0 Å². The van der Waals surface area contributed by atoms with E-state index in [-0.39, 0.29) is 0 Å². The maximum absolute atomic E-state index is 13.2. The van der Waals surface area contributed by atoms with Gasteiger partial charge in [-0.1, -0.05) is 78.9 Å². The molecule has 0 heterocycles. The molecule has 2 nitrogen and oxygen atoms in total. The van der Waals surface area contributed by atoms with Gasteiger partial charge in [-0.05, 0) is 30.5 Å². The number of alkyl halides is 1. The van der Waals surface area contributed by atoms with Gasteiger partial charge in [-0.3, -0.25) is 0 Å². The van der Waals surface area contributed by atoms with Crippen LogP contribution in [0.15, 0.2) is 89.1 Å². The first-order valence-corrected chi connectivity index (χ1v) is 9.09. The lowest BCUT2D eigenvalue weighted by atomic mass is 10.00. The standard InChI is InChI=1S/C24H23FN2/c1-18-8-6-7-11-23(18)17-26-27-24(21-9-4-3-5-10-21)22-14-12-20(13-15-22)16-19(2)25/h3-15,17,19H,16H2,1-2H3. The topological polar surface area (TPSA) is 24.7 Å². The normalized spacial score (nSPS) is 13.1. The molecular weight excluding hydrogens is 335 g/mol. The Morgan fingerprint density at radius 2 is 1.52 bits per heavy atom. The number of aryl methyl sites for hydroxylation is 1. The average molecular weight is 358 g/mol. The predicted octanol–water partition coefficient (Wildman–Crippen LogP) is 5.77. The number of hydrogen-bond acceptors (Lipinski definition) is 2. The van der Waals surface area contributed by atoms with Crippen molar-refractivity contribution in [3.8, 4) is 0 Å². The summed E-state index contributed by atoms with van der Waals surface area (Å²) < 4.78 is 13.2. The van der Waals surface area contributed by atoms with Crippen molar-refractivity contribution in [2.45, 2.75) is 26.4 Å². The van der Waals surface area contributed by atoms with Crippen molar-refractivity contribution < 1.29 is 4.39 Å². The van der Waals surface area contributed by atoms with Crippen LogP contribution in [-0.4, -0.2) is 18.1 Å². The van der Waals surface area contributed by atoms with Gasteiger partial charge in [-0.15, -0.1) is 5.10 Å². The van der Waals surface area contributed by atoms with E-state index in [0.717, 1.165) is 33.5 Å². The molecule has 3 aromatic carbocycles. The summed E-state index contributed by atoms with van der Waals surface area (Å²) in [5, 5.41) is 8.83. The first kappa shape index (κ1) is 18.7. The van der Waals surface area contributed by atoms with Crippen LogP contribution in [-0.2, 0) is 6.42 Å². The summed E-state index contributed by atoms with van der Waals surface area (Å²) in [7, 11) is 0. The molecule has 3 heteroatoms. The summed E-state index contributed by atoms with van der Waals surface area (Å²) in [4.78, 5) is 0. The minimum absolute atomic E-state index is 0.420. The number of benzene rings is 3. The second-order valence-electron chi connectivity index (χ2n) is 6.60. The zero-order chi connectivity index (χ0) is 19.1. The third-order valence-electron chi connectivity index (χ3n) is 4.33. The van der Waals surface area contributed by atoms with Crippen LogP contribution in [0.4, 0.5) is 4.39 Å². The van der Waals surface area contributed by atoms with E-state index < -0.39 is 6.17 Å². The van der Waals surface area contributed by atoms with E-state index in [1.165, 1.54) is 0 Å². The molecule has 0 amide bonds. The van der Waals surface area contributed by atoms with Crippen LogP contribution in [0.2, 0.25) is 0 Å². The van der Waals surface area contributed by atoms with Crippen molar-refractivity contribution in [1.82, 2.24) is 0 Å². The molecule has 0 N–H and O–H groups in total. The van der Waals surface area contributed by atoms with Crippen molar-refractivity contribution >= 4 is 11.9 Å². The van der Waals surface area contributed by atoms with E-state index in [9.17, 15) is 4.39 Å². The van der Waals surface area contributed by atoms with E-state index in [2.05, 4.69) is 10.2 Å². The molecule has 27 heavy (non-hydrogen) atoms. The van der Waals surface area contributed by atoms with Crippen LogP contribution in [0, 0.1) is 6.92 Å². The molecule has 0 aliphatic rings. The lowest BCUT2D eigenvalue weighted by Crippen LogP contribution is -2.04. The Labute approximate surface area is 160 Å². The molecule has 0 aliphatic heterocycles. The maximum atomic E-state index is 13.2. The number of halogens is 1. The molecule has 0 radical (unpaired) electrons. The number of nitrogens with zero attached hydrogens (tertiary/aromatic N) is 2. The zero-order valence-corrected chi connectivity index (χ0v) is 15.6. The number of rotatable bonds is 6. The summed E-state index contributed by atoms with van der Waals surface area (Å²) >= 11 is 0. The predicted molar refractivity (Wildman–Crippen MR) is 112 cm³/mol. The Kier molecular flexibility index (Phi) is 6.26. The van der Waals surface area contributed by atoms with Crippen molar-refractivity contribution in [1.29, 1.82) is 0 Å². The fourth-order valence-corrected chi connectivity index (χ4v) is 2.88. The lowest BCUT2D eigenvalue weighted by Gasteiger charge is -2.08. The average Bonchev–Trinajstić information content (AvgIpc) is 2.68. The Hall–Kier alpha value is -3.07. The van der Waals surface area contributed by atoms with Gasteiger partial charge in [0.15, 0.2) is 0 Å². The van der Waals surface area contributed by atoms with Gasteiger partial charge < -0.3 is 0 Å². The van der Waals surface area contributed by atoms with Crippen LogP contribution < -0.4 is 0 Å². The highest BCUT2D eigenvalue weighted by Crippen LogP contribution is 2.14. The fraction of sp³-hybridized carbons (Fsp3) is 0.167. The summed E-state index contributed by atoms with van der Waals surface area (Å²) in [6, 6.07) is 25.9.